The Hall–Kier alpha value is -2.02. The van der Waals surface area contributed by atoms with Crippen molar-refractivity contribution < 1.29 is 18.0 Å². The van der Waals surface area contributed by atoms with Crippen LogP contribution in [-0.4, -0.2) is 53.4 Å². The highest BCUT2D eigenvalue weighted by molar-refractivity contribution is 5.86. The predicted octanol–water partition coefficient (Wildman–Crippen LogP) is 6.21. The normalized spacial score (nSPS) is 26.0. The van der Waals surface area contributed by atoms with Crippen molar-refractivity contribution in [1.82, 2.24) is 14.8 Å². The molecule has 3 aliphatic rings. The summed E-state index contributed by atoms with van der Waals surface area (Å²) in [7, 11) is 0. The fourth-order valence-electron chi connectivity index (χ4n) is 6.80. The number of rotatable bonds is 4. The summed E-state index contributed by atoms with van der Waals surface area (Å²) in [5, 5.41) is 0.728. The van der Waals surface area contributed by atoms with Crippen LogP contribution < -0.4 is 0 Å². The van der Waals surface area contributed by atoms with Gasteiger partial charge in [0.2, 0.25) is 5.91 Å². The van der Waals surface area contributed by atoms with Crippen LogP contribution in [0.4, 0.5) is 13.2 Å². The first-order chi connectivity index (χ1) is 16.5. The van der Waals surface area contributed by atoms with Gasteiger partial charge in [0.1, 0.15) is 0 Å². The van der Waals surface area contributed by atoms with Gasteiger partial charge in [0.15, 0.2) is 0 Å². The minimum absolute atomic E-state index is 0.201. The molecule has 2 aromatic rings. The van der Waals surface area contributed by atoms with Gasteiger partial charge >= 0.3 is 6.18 Å². The van der Waals surface area contributed by atoms with Gasteiger partial charge in [-0.3, -0.25) is 4.79 Å². The molecule has 0 spiro atoms. The highest BCUT2D eigenvalue weighted by Crippen LogP contribution is 2.47. The predicted molar refractivity (Wildman–Crippen MR) is 132 cm³/mol. The number of alkyl halides is 3. The summed E-state index contributed by atoms with van der Waals surface area (Å²) >= 11 is 0. The number of halogens is 3. The average Bonchev–Trinajstić information content (AvgIpc) is 3.20. The zero-order valence-electron chi connectivity index (χ0n) is 21.2. The Morgan fingerprint density at radius 2 is 1.86 bits per heavy atom. The number of carbonyl (C=O) groups excluding carboxylic acids is 1. The second-order valence-electron chi connectivity index (χ2n) is 11.8. The molecule has 2 fully saturated rings. The van der Waals surface area contributed by atoms with Gasteiger partial charge in [0, 0.05) is 41.6 Å². The largest absolute Gasteiger partial charge is 0.416 e. The van der Waals surface area contributed by atoms with Crippen molar-refractivity contribution in [2.75, 3.05) is 32.7 Å². The van der Waals surface area contributed by atoms with Crippen molar-refractivity contribution >= 4 is 16.8 Å². The maximum Gasteiger partial charge on any atom is 0.416 e. The van der Waals surface area contributed by atoms with Crippen LogP contribution in [0, 0.1) is 17.3 Å². The second kappa shape index (κ2) is 9.13. The van der Waals surface area contributed by atoms with Gasteiger partial charge in [-0.25, -0.2) is 0 Å². The van der Waals surface area contributed by atoms with Gasteiger partial charge in [-0.05, 0) is 93.1 Å². The summed E-state index contributed by atoms with van der Waals surface area (Å²) in [4.78, 5) is 21.1. The molecule has 2 saturated heterocycles. The van der Waals surface area contributed by atoms with Gasteiger partial charge in [-0.2, -0.15) is 13.2 Å². The minimum Gasteiger partial charge on any atom is -0.358 e. The number of fused-ring (bicyclic) bond motifs is 4. The van der Waals surface area contributed by atoms with E-state index in [4.69, 9.17) is 0 Å². The van der Waals surface area contributed by atoms with Crippen molar-refractivity contribution in [3.63, 3.8) is 0 Å². The van der Waals surface area contributed by atoms with Crippen LogP contribution in [0.15, 0.2) is 18.2 Å². The van der Waals surface area contributed by atoms with Crippen molar-refractivity contribution in [2.24, 2.45) is 17.3 Å². The molecule has 3 atom stereocenters. The number of hydrogen-bond acceptors (Lipinski definition) is 2. The van der Waals surface area contributed by atoms with Gasteiger partial charge < -0.3 is 14.8 Å². The maximum absolute atomic E-state index is 13.4. The number of amides is 1. The Labute approximate surface area is 206 Å². The van der Waals surface area contributed by atoms with E-state index < -0.39 is 11.7 Å². The smallest absolute Gasteiger partial charge is 0.358 e. The molecule has 1 aromatic carbocycles. The summed E-state index contributed by atoms with van der Waals surface area (Å²) in [6.45, 7) is 11.0. The zero-order valence-corrected chi connectivity index (χ0v) is 21.2. The summed E-state index contributed by atoms with van der Waals surface area (Å²) in [6.07, 6.45) is 1.93. The molecule has 0 unspecified atom stereocenters. The molecule has 7 heteroatoms. The summed E-state index contributed by atoms with van der Waals surface area (Å²) in [5.74, 6) is 1.45. The van der Waals surface area contributed by atoms with Crippen molar-refractivity contribution in [3.8, 4) is 0 Å². The molecule has 1 amide bonds. The number of H-pyrrole nitrogens is 1. The Balaban J connectivity index is 1.29. The zero-order chi connectivity index (χ0) is 25.0. The lowest BCUT2D eigenvalue weighted by Gasteiger charge is -2.45. The van der Waals surface area contributed by atoms with E-state index >= 15 is 0 Å². The van der Waals surface area contributed by atoms with E-state index in [9.17, 15) is 18.0 Å². The third-order valence-corrected chi connectivity index (χ3v) is 8.98. The SMILES string of the molecule is C[C@H]1c2c([nH]c3ccc(C(F)(F)F)cc23)C[C@H]2CCN(CCC(C)(C)C(=O)N3CCCCC3)C[C@@H]21. The molecule has 5 rings (SSSR count). The van der Waals surface area contributed by atoms with Crippen molar-refractivity contribution in [2.45, 2.75) is 71.4 Å². The number of piperidine rings is 2. The standard InChI is InChI=1S/C28H38F3N3O/c1-18-22-17-33(14-10-27(2,3)26(35)34-11-5-4-6-12-34)13-9-19(22)15-24-25(18)21-16-20(28(29,30)31)7-8-23(21)32-24/h7-8,16,18-19,22,32H,4-6,9-15,17H2,1-3H3/t18-,19-,22-/m1/s1. The lowest BCUT2D eigenvalue weighted by molar-refractivity contribution is -0.142. The number of aromatic amines is 1. The highest BCUT2D eigenvalue weighted by atomic mass is 19.4. The first-order valence-corrected chi connectivity index (χ1v) is 13.3. The van der Waals surface area contributed by atoms with Crippen LogP contribution in [0.25, 0.3) is 10.9 Å². The molecular weight excluding hydrogens is 451 g/mol. The van der Waals surface area contributed by atoms with Crippen LogP contribution in [0.5, 0.6) is 0 Å². The molecule has 1 N–H and O–H groups in total. The van der Waals surface area contributed by atoms with E-state index in [-0.39, 0.29) is 17.2 Å². The quantitative estimate of drug-likeness (QED) is 0.554. The molecule has 0 bridgehead atoms. The maximum atomic E-state index is 13.4. The first-order valence-electron chi connectivity index (χ1n) is 13.3. The van der Waals surface area contributed by atoms with Crippen LogP contribution in [0.3, 0.4) is 0 Å². The Morgan fingerprint density at radius 3 is 2.57 bits per heavy atom. The van der Waals surface area contributed by atoms with Gasteiger partial charge in [-0.15, -0.1) is 0 Å². The Kier molecular flexibility index (Phi) is 6.43. The fourth-order valence-corrected chi connectivity index (χ4v) is 6.80. The Bertz CT molecular complexity index is 1080. The van der Waals surface area contributed by atoms with E-state index in [1.807, 2.05) is 4.90 Å². The van der Waals surface area contributed by atoms with Gasteiger partial charge in [0.25, 0.3) is 0 Å². The monoisotopic (exact) mass is 489 g/mol. The molecular formula is C28H38F3N3O. The molecule has 2 aliphatic heterocycles. The Morgan fingerprint density at radius 1 is 1.11 bits per heavy atom. The van der Waals surface area contributed by atoms with E-state index in [0.29, 0.717) is 11.8 Å². The molecule has 35 heavy (non-hydrogen) atoms. The molecule has 192 valence electrons. The lowest BCUT2D eigenvalue weighted by Crippen LogP contribution is -2.48. The minimum atomic E-state index is -4.33. The topological polar surface area (TPSA) is 39.3 Å². The number of aromatic nitrogens is 1. The molecule has 4 nitrogen and oxygen atoms in total. The number of nitrogens with one attached hydrogen (secondary N) is 1. The number of carbonyl (C=O) groups is 1. The fraction of sp³-hybridized carbons (Fsp3) is 0.679. The highest BCUT2D eigenvalue weighted by Gasteiger charge is 2.41. The van der Waals surface area contributed by atoms with Crippen molar-refractivity contribution in [1.29, 1.82) is 0 Å². The van der Waals surface area contributed by atoms with Crippen molar-refractivity contribution in [3.05, 3.63) is 35.0 Å². The second-order valence-corrected chi connectivity index (χ2v) is 11.8. The summed E-state index contributed by atoms with van der Waals surface area (Å²) in [5.41, 5.74) is 2.06. The molecule has 3 heterocycles. The third-order valence-electron chi connectivity index (χ3n) is 8.98. The number of benzene rings is 1. The summed E-state index contributed by atoms with van der Waals surface area (Å²) in [6, 6.07) is 4.09. The summed E-state index contributed by atoms with van der Waals surface area (Å²) < 4.78 is 40.2. The number of hydrogen-bond donors (Lipinski definition) is 1. The molecule has 0 radical (unpaired) electrons. The number of nitrogens with zero attached hydrogens (tertiary/aromatic N) is 2. The first kappa shape index (κ1) is 24.7. The van der Waals surface area contributed by atoms with Crippen LogP contribution in [0.1, 0.15) is 75.6 Å². The van der Waals surface area contributed by atoms with E-state index in [0.717, 1.165) is 87.0 Å². The molecule has 1 aromatic heterocycles. The lowest BCUT2D eigenvalue weighted by atomic mass is 9.68. The number of likely N-dealkylation sites (tertiary alicyclic amines) is 2. The van der Waals surface area contributed by atoms with E-state index in [1.165, 1.54) is 18.6 Å². The molecule has 0 saturated carbocycles. The van der Waals surface area contributed by atoms with E-state index in [1.54, 1.807) is 6.07 Å². The van der Waals surface area contributed by atoms with E-state index in [2.05, 4.69) is 30.7 Å². The van der Waals surface area contributed by atoms with Gasteiger partial charge in [0.05, 0.1) is 5.56 Å². The van der Waals surface area contributed by atoms with Gasteiger partial charge in [-0.1, -0.05) is 20.8 Å². The average molecular weight is 490 g/mol. The van der Waals surface area contributed by atoms with Crippen LogP contribution in [0.2, 0.25) is 0 Å². The third kappa shape index (κ3) is 4.73. The van der Waals surface area contributed by atoms with Crippen LogP contribution >= 0.6 is 0 Å². The molecule has 1 aliphatic carbocycles. The van der Waals surface area contributed by atoms with Crippen LogP contribution in [-0.2, 0) is 17.4 Å².